The quantitative estimate of drug-likeness (QED) is 0.471. The zero-order valence-corrected chi connectivity index (χ0v) is 14.5. The summed E-state index contributed by atoms with van der Waals surface area (Å²) in [5, 5.41) is 18.1. The van der Waals surface area contributed by atoms with Gasteiger partial charge in [0.1, 0.15) is 11.0 Å². The zero-order valence-electron chi connectivity index (χ0n) is 14.5. The minimum Gasteiger partial charge on any atom is -0.504 e. The summed E-state index contributed by atoms with van der Waals surface area (Å²) in [6.45, 7) is -0.695. The van der Waals surface area contributed by atoms with Crippen molar-refractivity contribution < 1.29 is 34.5 Å². The molecule has 3 aliphatic carbocycles. The van der Waals surface area contributed by atoms with Gasteiger partial charge in [0.05, 0.1) is 0 Å². The molecule has 1 saturated carbocycles. The molecule has 27 heavy (non-hydrogen) atoms. The van der Waals surface area contributed by atoms with Gasteiger partial charge in [0.15, 0.2) is 17.6 Å². The number of hydrogen-bond acceptors (Lipinski definition) is 6. The van der Waals surface area contributed by atoms with E-state index in [0.29, 0.717) is 11.7 Å². The van der Waals surface area contributed by atoms with Crippen LogP contribution in [-0.2, 0) is 26.2 Å². The molecule has 1 fully saturated rings. The Morgan fingerprint density at radius 1 is 1.37 bits per heavy atom. The summed E-state index contributed by atoms with van der Waals surface area (Å²) >= 11 is 0. The molecule has 5 rings (SSSR count). The molecule has 0 aromatic heterocycles. The molecule has 142 valence electrons. The number of carbonyl (C=O) groups excluding carboxylic acids is 1. The predicted molar refractivity (Wildman–Crippen MR) is 89.1 cm³/mol. The molecular weight excluding hydrogens is 354 g/mol. The number of hydrogen-bond donors (Lipinski definition) is 2. The Balaban J connectivity index is 1.53. The van der Waals surface area contributed by atoms with Crippen LogP contribution in [0.25, 0.3) is 0 Å². The van der Waals surface area contributed by atoms with Crippen molar-refractivity contribution in [2.24, 2.45) is 11.8 Å². The summed E-state index contributed by atoms with van der Waals surface area (Å²) < 4.78 is 11.7. The highest BCUT2D eigenvalue weighted by molar-refractivity contribution is 5.71. The molecule has 8 heteroatoms. The topological polar surface area (TPSA) is 105 Å². The van der Waals surface area contributed by atoms with Crippen molar-refractivity contribution in [2.75, 3.05) is 6.61 Å². The van der Waals surface area contributed by atoms with Gasteiger partial charge in [-0.2, -0.15) is 4.84 Å². The van der Waals surface area contributed by atoms with Crippen LogP contribution in [-0.4, -0.2) is 40.2 Å². The second kappa shape index (κ2) is 5.61. The van der Waals surface area contributed by atoms with Crippen molar-refractivity contribution in [3.8, 4) is 11.5 Å². The van der Waals surface area contributed by atoms with Crippen molar-refractivity contribution in [3.63, 3.8) is 0 Å². The summed E-state index contributed by atoms with van der Waals surface area (Å²) in [7, 11) is 0. The Bertz CT molecular complexity index is 866. The third kappa shape index (κ3) is 2.18. The minimum atomic E-state index is -0.776. The third-order valence-electron chi connectivity index (χ3n) is 6.56. The lowest BCUT2D eigenvalue weighted by Gasteiger charge is -2.53. The van der Waals surface area contributed by atoms with E-state index in [1.807, 2.05) is 12.1 Å². The van der Waals surface area contributed by atoms with Crippen molar-refractivity contribution in [1.82, 2.24) is 0 Å². The highest BCUT2D eigenvalue weighted by Gasteiger charge is 2.64. The molecule has 2 bridgehead atoms. The molecule has 0 radical (unpaired) electrons. The fourth-order valence-corrected chi connectivity index (χ4v) is 5.76. The lowest BCUT2D eigenvalue weighted by atomic mass is 9.50. The Morgan fingerprint density at radius 2 is 2.22 bits per heavy atom. The number of ether oxygens (including phenoxy) is 2. The van der Waals surface area contributed by atoms with Crippen LogP contribution in [0.2, 0.25) is 0 Å². The van der Waals surface area contributed by atoms with Gasteiger partial charge in [0.25, 0.3) is 6.61 Å². The van der Waals surface area contributed by atoms with Gasteiger partial charge >= 0.3 is 11.1 Å². The van der Waals surface area contributed by atoms with E-state index >= 15 is 0 Å². The monoisotopic (exact) mass is 374 g/mol. The number of phenols is 1. The Kier molecular flexibility index (Phi) is 3.41. The Hall–Kier alpha value is -2.77. The average molecular weight is 374 g/mol. The van der Waals surface area contributed by atoms with E-state index in [2.05, 4.69) is 10.9 Å². The van der Waals surface area contributed by atoms with Crippen LogP contribution in [0, 0.1) is 16.7 Å². The number of rotatable bonds is 4. The summed E-state index contributed by atoms with van der Waals surface area (Å²) in [6, 6.07) is 3.65. The second-order valence-electron chi connectivity index (χ2n) is 7.76. The molecule has 1 aliphatic heterocycles. The normalized spacial score (nSPS) is 34.4. The Morgan fingerprint density at radius 3 is 3.04 bits per heavy atom. The number of carbonyl (C=O) groups is 1. The molecule has 1 heterocycles. The van der Waals surface area contributed by atoms with Crippen molar-refractivity contribution in [1.29, 1.82) is 0 Å². The van der Waals surface area contributed by atoms with Gasteiger partial charge in [-0.1, -0.05) is 18.6 Å². The van der Waals surface area contributed by atoms with Crippen LogP contribution in [0.15, 0.2) is 24.3 Å². The molecular formula is C19H20NO7+. The minimum absolute atomic E-state index is 0.107. The van der Waals surface area contributed by atoms with Crippen molar-refractivity contribution in [3.05, 3.63) is 40.3 Å². The third-order valence-corrected chi connectivity index (χ3v) is 6.56. The van der Waals surface area contributed by atoms with Crippen LogP contribution in [0.5, 0.6) is 11.5 Å². The largest absolute Gasteiger partial charge is 0.504 e. The van der Waals surface area contributed by atoms with Crippen molar-refractivity contribution >= 4 is 5.97 Å². The smallest absolute Gasteiger partial charge is 0.475 e. The summed E-state index contributed by atoms with van der Waals surface area (Å²) in [6.07, 6.45) is 6.94. The molecule has 1 aromatic rings. The zero-order chi connectivity index (χ0) is 18.8. The first-order valence-corrected chi connectivity index (χ1v) is 9.19. The SMILES string of the molecule is O=C(CO[N+](=O)O)O[C@H]1C=CC2[C@@H]3CCC[C@@]24c2c(ccc(O)c2O[C@@H]14)C3. The first kappa shape index (κ1) is 16.4. The first-order valence-electron chi connectivity index (χ1n) is 9.19. The molecule has 8 nitrogen and oxygen atoms in total. The van der Waals surface area contributed by atoms with E-state index in [0.717, 1.165) is 31.2 Å². The van der Waals surface area contributed by atoms with Crippen LogP contribution in [0.3, 0.4) is 0 Å². The first-order chi connectivity index (χ1) is 13.0. The molecule has 0 saturated heterocycles. The van der Waals surface area contributed by atoms with E-state index in [9.17, 15) is 14.8 Å². The van der Waals surface area contributed by atoms with Crippen LogP contribution in [0.1, 0.15) is 30.4 Å². The van der Waals surface area contributed by atoms with Gasteiger partial charge in [0.2, 0.25) is 0 Å². The van der Waals surface area contributed by atoms with Crippen molar-refractivity contribution in [2.45, 2.75) is 43.3 Å². The van der Waals surface area contributed by atoms with E-state index in [1.54, 1.807) is 6.07 Å². The van der Waals surface area contributed by atoms with Gasteiger partial charge in [-0.15, -0.1) is 0 Å². The summed E-state index contributed by atoms with van der Waals surface area (Å²) in [5.74, 6) is 0.627. The fourth-order valence-electron chi connectivity index (χ4n) is 5.76. The molecule has 2 N–H and O–H groups in total. The van der Waals surface area contributed by atoms with E-state index < -0.39 is 29.9 Å². The predicted octanol–water partition coefficient (Wildman–Crippen LogP) is 1.94. The molecule has 0 amide bonds. The molecule has 1 spiro atoms. The highest BCUT2D eigenvalue weighted by atomic mass is 17.0. The maximum atomic E-state index is 12.0. The molecule has 1 unspecified atom stereocenters. The Labute approximate surface area is 154 Å². The maximum Gasteiger partial charge on any atom is 0.475 e. The fraction of sp³-hybridized carbons (Fsp3) is 0.526. The standard InChI is InChI=1S/C19H19NO7/c21-13-5-3-11-8-10-2-1-7-19-12(10)4-6-14(18(19)27-17(13)16(11)19)26-15(22)9-25-20(23)24/h3-6,10,12,14,18H,1-2,7-9H2,(H-,21,23,24)/p+1/t10-,12?,14+,18+,19+/m1/s1. The van der Waals surface area contributed by atoms with Gasteiger partial charge in [-0.3, -0.25) is 0 Å². The van der Waals surface area contributed by atoms with Crippen LogP contribution >= 0.6 is 0 Å². The number of allylic oxidation sites excluding steroid dienone is 1. The van der Waals surface area contributed by atoms with E-state index in [-0.39, 0.29) is 17.1 Å². The van der Waals surface area contributed by atoms with Gasteiger partial charge in [0, 0.05) is 11.0 Å². The number of phenolic OH excluding ortho intramolecular Hbond substituents is 1. The number of nitrogens with zero attached hydrogens (tertiary/aromatic N) is 1. The van der Waals surface area contributed by atoms with Crippen LogP contribution < -0.4 is 4.74 Å². The van der Waals surface area contributed by atoms with E-state index in [4.69, 9.17) is 14.7 Å². The molecule has 4 aliphatic rings. The average Bonchev–Trinajstić information content (AvgIpc) is 2.98. The summed E-state index contributed by atoms with van der Waals surface area (Å²) in [5.41, 5.74) is 1.96. The van der Waals surface area contributed by atoms with E-state index in [1.165, 1.54) is 5.56 Å². The number of esters is 1. The molecule has 1 aromatic carbocycles. The highest BCUT2D eigenvalue weighted by Crippen LogP contribution is 2.64. The van der Waals surface area contributed by atoms with Crippen LogP contribution in [0.4, 0.5) is 0 Å². The lowest BCUT2D eigenvalue weighted by Crippen LogP contribution is -2.58. The second-order valence-corrected chi connectivity index (χ2v) is 7.76. The maximum absolute atomic E-state index is 12.0. The van der Waals surface area contributed by atoms with Gasteiger partial charge in [-0.25, -0.2) is 10.0 Å². The number of benzene rings is 1. The summed E-state index contributed by atoms with van der Waals surface area (Å²) in [4.78, 5) is 26.7. The molecule has 5 atom stereocenters. The van der Waals surface area contributed by atoms with Gasteiger partial charge in [-0.05, 0) is 48.8 Å². The van der Waals surface area contributed by atoms with Gasteiger partial charge < -0.3 is 14.6 Å². The lowest BCUT2D eigenvalue weighted by molar-refractivity contribution is -0.974. The number of aromatic hydroxyl groups is 1.